The Kier molecular flexibility index (Phi) is 8.78. The van der Waals surface area contributed by atoms with Gasteiger partial charge >= 0.3 is 0 Å². The molecule has 9 heteroatoms. The molecule has 0 rings (SSSR count). The molecule has 106 valence electrons. The third-order valence-electron chi connectivity index (χ3n) is 1.91. The Morgan fingerprint density at radius 1 is 1.17 bits per heavy atom. The SMILES string of the molecule is CC(C)(CC(=O)NN)OCPCOCC(=O)NN. The van der Waals surface area contributed by atoms with Crippen molar-refractivity contribution in [3.63, 3.8) is 0 Å². The van der Waals surface area contributed by atoms with Crippen molar-refractivity contribution < 1.29 is 19.1 Å². The fourth-order valence-electron chi connectivity index (χ4n) is 1.03. The third kappa shape index (κ3) is 9.26. The van der Waals surface area contributed by atoms with Crippen LogP contribution in [0, 0.1) is 0 Å². The number of carbonyl (C=O) groups is 2. The Balaban J connectivity index is 3.58. The molecule has 0 fully saturated rings. The summed E-state index contributed by atoms with van der Waals surface area (Å²) in [5, 5.41) is 0. The fourth-order valence-corrected chi connectivity index (χ4v) is 1.86. The normalized spacial score (nSPS) is 11.8. The first-order valence-corrected chi connectivity index (χ1v) is 6.74. The molecule has 0 aliphatic heterocycles. The number of hydrazine groups is 2. The second-order valence-corrected chi connectivity index (χ2v) is 5.18. The molecule has 6 N–H and O–H groups in total. The zero-order chi connectivity index (χ0) is 14.0. The lowest BCUT2D eigenvalue weighted by atomic mass is 10.1. The van der Waals surface area contributed by atoms with Crippen LogP contribution in [0.1, 0.15) is 20.3 Å². The lowest BCUT2D eigenvalue weighted by molar-refractivity contribution is -0.127. The summed E-state index contributed by atoms with van der Waals surface area (Å²) in [5.41, 5.74) is 3.43. The van der Waals surface area contributed by atoms with Crippen LogP contribution in [-0.2, 0) is 19.1 Å². The lowest BCUT2D eigenvalue weighted by Crippen LogP contribution is -2.37. The monoisotopic (exact) mass is 280 g/mol. The van der Waals surface area contributed by atoms with Gasteiger partial charge in [-0.3, -0.25) is 20.4 Å². The Morgan fingerprint density at radius 3 is 2.33 bits per heavy atom. The molecule has 0 spiro atoms. The van der Waals surface area contributed by atoms with Crippen LogP contribution < -0.4 is 22.5 Å². The molecule has 0 heterocycles. The van der Waals surface area contributed by atoms with Gasteiger partial charge in [0.05, 0.1) is 24.7 Å². The van der Waals surface area contributed by atoms with Crippen molar-refractivity contribution in [2.24, 2.45) is 11.7 Å². The summed E-state index contributed by atoms with van der Waals surface area (Å²) in [6.07, 6.45) is 1.05. The molecule has 0 aromatic carbocycles. The quantitative estimate of drug-likeness (QED) is 0.137. The van der Waals surface area contributed by atoms with E-state index in [1.165, 1.54) is 0 Å². The van der Waals surface area contributed by atoms with E-state index in [4.69, 9.17) is 21.2 Å². The van der Waals surface area contributed by atoms with Crippen LogP contribution in [0.3, 0.4) is 0 Å². The maximum absolute atomic E-state index is 11.1. The van der Waals surface area contributed by atoms with E-state index in [-0.39, 0.29) is 24.8 Å². The van der Waals surface area contributed by atoms with Crippen LogP contribution in [0.4, 0.5) is 0 Å². The van der Waals surface area contributed by atoms with Crippen molar-refractivity contribution in [2.45, 2.75) is 25.9 Å². The fraction of sp³-hybridized carbons (Fsp3) is 0.778. The summed E-state index contributed by atoms with van der Waals surface area (Å²) in [4.78, 5) is 21.8. The zero-order valence-corrected chi connectivity index (χ0v) is 11.6. The Hall–Kier alpha value is -0.790. The first-order valence-electron chi connectivity index (χ1n) is 5.32. The van der Waals surface area contributed by atoms with E-state index in [2.05, 4.69) is 5.43 Å². The van der Waals surface area contributed by atoms with E-state index in [0.717, 1.165) is 0 Å². The number of rotatable bonds is 9. The standard InChI is InChI=1S/C9H21N4O4P/c1-9(2,3-7(14)12-10)17-6-18-5-16-4-8(15)13-11/h18H,3-6,10-11H2,1-2H3,(H,12,14)(H,13,15). The van der Waals surface area contributed by atoms with Gasteiger partial charge in [-0.2, -0.15) is 0 Å². The van der Waals surface area contributed by atoms with Crippen molar-refractivity contribution in [1.82, 2.24) is 10.9 Å². The van der Waals surface area contributed by atoms with Gasteiger partial charge in [0, 0.05) is 0 Å². The van der Waals surface area contributed by atoms with Gasteiger partial charge in [-0.15, -0.1) is 0 Å². The van der Waals surface area contributed by atoms with Gasteiger partial charge in [-0.05, 0) is 13.8 Å². The predicted molar refractivity (Wildman–Crippen MR) is 68.4 cm³/mol. The largest absolute Gasteiger partial charge is 0.371 e. The van der Waals surface area contributed by atoms with Gasteiger partial charge in [0.2, 0.25) is 5.91 Å². The van der Waals surface area contributed by atoms with Gasteiger partial charge in [-0.25, -0.2) is 11.7 Å². The van der Waals surface area contributed by atoms with Crippen molar-refractivity contribution in [2.75, 3.05) is 19.3 Å². The zero-order valence-electron chi connectivity index (χ0n) is 10.6. The molecule has 0 saturated carbocycles. The topological polar surface area (TPSA) is 129 Å². The molecule has 0 aliphatic rings. The summed E-state index contributed by atoms with van der Waals surface area (Å²) < 4.78 is 10.6. The first kappa shape index (κ1) is 17.2. The molecule has 1 unspecified atom stereocenters. The average molecular weight is 280 g/mol. The van der Waals surface area contributed by atoms with Gasteiger partial charge in [0.15, 0.2) is 0 Å². The number of hydrogen-bond acceptors (Lipinski definition) is 6. The van der Waals surface area contributed by atoms with Crippen LogP contribution in [0.25, 0.3) is 0 Å². The number of ether oxygens (including phenoxy) is 2. The number of nitrogens with one attached hydrogen (secondary N) is 2. The molecule has 0 saturated heterocycles. The highest BCUT2D eigenvalue weighted by molar-refractivity contribution is 7.37. The molecular formula is C9H21N4O4P. The average Bonchev–Trinajstić information content (AvgIpc) is 2.32. The van der Waals surface area contributed by atoms with Crippen LogP contribution >= 0.6 is 8.58 Å². The second kappa shape index (κ2) is 9.18. The number of amides is 2. The minimum atomic E-state index is -0.578. The molecular weight excluding hydrogens is 259 g/mol. The molecule has 18 heavy (non-hydrogen) atoms. The summed E-state index contributed by atoms with van der Waals surface area (Å²) in [7, 11) is 0.376. The minimum absolute atomic E-state index is 0.0670. The van der Waals surface area contributed by atoms with E-state index in [0.29, 0.717) is 21.3 Å². The van der Waals surface area contributed by atoms with Crippen LogP contribution in [0.2, 0.25) is 0 Å². The highest BCUT2D eigenvalue weighted by atomic mass is 31.1. The highest BCUT2D eigenvalue weighted by Gasteiger charge is 2.21. The van der Waals surface area contributed by atoms with Crippen LogP contribution in [0.5, 0.6) is 0 Å². The van der Waals surface area contributed by atoms with E-state index >= 15 is 0 Å². The molecule has 0 aromatic rings. The highest BCUT2D eigenvalue weighted by Crippen LogP contribution is 2.19. The van der Waals surface area contributed by atoms with Crippen molar-refractivity contribution in [3.05, 3.63) is 0 Å². The van der Waals surface area contributed by atoms with Crippen LogP contribution in [0.15, 0.2) is 0 Å². The third-order valence-corrected chi connectivity index (χ3v) is 2.67. The molecule has 0 radical (unpaired) electrons. The number of hydrogen-bond donors (Lipinski definition) is 4. The van der Waals surface area contributed by atoms with Crippen molar-refractivity contribution >= 4 is 20.4 Å². The predicted octanol–water partition coefficient (Wildman–Crippen LogP) is -1.24. The van der Waals surface area contributed by atoms with Gasteiger partial charge in [0.25, 0.3) is 5.91 Å². The molecule has 0 bridgehead atoms. The van der Waals surface area contributed by atoms with E-state index in [1.807, 2.05) is 5.43 Å². The van der Waals surface area contributed by atoms with Gasteiger partial charge in [0.1, 0.15) is 6.61 Å². The Morgan fingerprint density at radius 2 is 1.78 bits per heavy atom. The molecule has 8 nitrogen and oxygen atoms in total. The molecule has 2 amide bonds. The van der Waals surface area contributed by atoms with E-state index in [1.54, 1.807) is 13.8 Å². The Bertz CT molecular complexity index is 275. The van der Waals surface area contributed by atoms with E-state index in [9.17, 15) is 9.59 Å². The maximum atomic E-state index is 11.1. The molecule has 0 aliphatic carbocycles. The smallest absolute Gasteiger partial charge is 0.259 e. The summed E-state index contributed by atoms with van der Waals surface area (Å²) >= 11 is 0. The van der Waals surface area contributed by atoms with Gasteiger partial charge < -0.3 is 9.47 Å². The minimum Gasteiger partial charge on any atom is -0.371 e. The summed E-state index contributed by atoms with van der Waals surface area (Å²) in [6.45, 7) is 3.54. The summed E-state index contributed by atoms with van der Waals surface area (Å²) in [6, 6.07) is 0. The number of carbonyl (C=O) groups excluding carboxylic acids is 2. The van der Waals surface area contributed by atoms with Crippen molar-refractivity contribution in [3.8, 4) is 0 Å². The van der Waals surface area contributed by atoms with Crippen LogP contribution in [-0.4, -0.2) is 36.7 Å². The Labute approximate surface area is 108 Å². The molecule has 1 atom stereocenters. The summed E-state index contributed by atoms with van der Waals surface area (Å²) in [5.74, 6) is 9.22. The maximum Gasteiger partial charge on any atom is 0.259 e. The lowest BCUT2D eigenvalue weighted by Gasteiger charge is -2.24. The number of nitrogens with two attached hydrogens (primary N) is 2. The second-order valence-electron chi connectivity index (χ2n) is 4.10. The molecule has 0 aromatic heterocycles. The van der Waals surface area contributed by atoms with Crippen molar-refractivity contribution in [1.29, 1.82) is 0 Å². The van der Waals surface area contributed by atoms with E-state index < -0.39 is 5.60 Å². The first-order chi connectivity index (χ1) is 8.41. The van der Waals surface area contributed by atoms with Gasteiger partial charge in [-0.1, -0.05) is 8.58 Å².